The minimum absolute atomic E-state index is 0.122. The highest BCUT2D eigenvalue weighted by molar-refractivity contribution is 5.70. The molecule has 0 aromatic rings. The van der Waals surface area contributed by atoms with E-state index >= 15 is 0 Å². The molecule has 0 aromatic heterocycles. The molecule has 2 aliphatic carbocycles. The lowest BCUT2D eigenvalue weighted by Gasteiger charge is -2.34. The van der Waals surface area contributed by atoms with Crippen molar-refractivity contribution in [2.75, 3.05) is 0 Å². The molecular formula is C20H34O4. The minimum Gasteiger partial charge on any atom is -0.459 e. The van der Waals surface area contributed by atoms with E-state index in [1.54, 1.807) is 0 Å². The summed E-state index contributed by atoms with van der Waals surface area (Å²) in [7, 11) is 0. The van der Waals surface area contributed by atoms with Crippen molar-refractivity contribution in [3.8, 4) is 0 Å². The molecule has 0 radical (unpaired) electrons. The second kappa shape index (κ2) is 7.33. The fourth-order valence-corrected chi connectivity index (χ4v) is 5.45. The Morgan fingerprint density at radius 3 is 2.67 bits per heavy atom. The van der Waals surface area contributed by atoms with Gasteiger partial charge in [-0.2, -0.15) is 0 Å². The number of fused-ring (bicyclic) bond motifs is 2. The van der Waals surface area contributed by atoms with Gasteiger partial charge in [-0.1, -0.05) is 13.8 Å². The Morgan fingerprint density at radius 1 is 1.29 bits per heavy atom. The summed E-state index contributed by atoms with van der Waals surface area (Å²) in [6.45, 7) is 6.36. The van der Waals surface area contributed by atoms with Gasteiger partial charge < -0.3 is 14.6 Å². The zero-order valence-electron chi connectivity index (χ0n) is 15.5. The topological polar surface area (TPSA) is 55.8 Å². The summed E-state index contributed by atoms with van der Waals surface area (Å²) < 4.78 is 11.8. The van der Waals surface area contributed by atoms with Crippen LogP contribution in [0.25, 0.3) is 0 Å². The Bertz CT molecular complexity index is 451. The average Bonchev–Trinajstić information content (AvgIpc) is 3.20. The van der Waals surface area contributed by atoms with E-state index in [9.17, 15) is 9.90 Å². The van der Waals surface area contributed by atoms with Gasteiger partial charge in [-0.15, -0.1) is 0 Å². The van der Waals surface area contributed by atoms with E-state index in [0.29, 0.717) is 24.4 Å². The van der Waals surface area contributed by atoms with Crippen molar-refractivity contribution in [3.05, 3.63) is 0 Å². The molecule has 0 amide bonds. The van der Waals surface area contributed by atoms with Crippen LogP contribution < -0.4 is 0 Å². The Kier molecular flexibility index (Phi) is 5.55. The van der Waals surface area contributed by atoms with Crippen molar-refractivity contribution < 1.29 is 19.4 Å². The van der Waals surface area contributed by atoms with E-state index < -0.39 is 6.10 Å². The van der Waals surface area contributed by atoms with Crippen molar-refractivity contribution in [1.82, 2.24) is 0 Å². The van der Waals surface area contributed by atoms with Crippen LogP contribution in [0.1, 0.15) is 78.6 Å². The first-order valence-electron chi connectivity index (χ1n) is 9.98. The highest BCUT2D eigenvalue weighted by atomic mass is 16.6. The summed E-state index contributed by atoms with van der Waals surface area (Å²) in [6.07, 6.45) is 8.38. The van der Waals surface area contributed by atoms with Crippen LogP contribution in [-0.4, -0.2) is 35.0 Å². The van der Waals surface area contributed by atoms with E-state index in [2.05, 4.69) is 20.8 Å². The predicted octanol–water partition coefficient (Wildman–Crippen LogP) is 3.84. The maximum atomic E-state index is 12.3. The molecule has 1 aliphatic heterocycles. The highest BCUT2D eigenvalue weighted by Crippen LogP contribution is 2.52. The van der Waals surface area contributed by atoms with E-state index in [0.717, 1.165) is 31.6 Å². The number of ether oxygens (including phenoxy) is 2. The molecule has 2 bridgehead atoms. The summed E-state index contributed by atoms with van der Waals surface area (Å²) in [5.74, 6) is 1.41. The summed E-state index contributed by atoms with van der Waals surface area (Å²) >= 11 is 0. The zero-order chi connectivity index (χ0) is 17.3. The third-order valence-corrected chi connectivity index (χ3v) is 6.74. The van der Waals surface area contributed by atoms with Crippen molar-refractivity contribution in [2.24, 2.45) is 17.8 Å². The molecule has 7 atom stereocenters. The number of hydrogen-bond donors (Lipinski definition) is 1. The standard InChI is InChI=1S/C20H34O4/c1-4-17-10-14(18(5-2)23-17)9-16(21)11-19(22)24-20(3)12-13-6-7-15(20)8-13/h13-18,21H,4-12H2,1-3H3. The third kappa shape index (κ3) is 3.80. The van der Waals surface area contributed by atoms with E-state index in [4.69, 9.17) is 9.47 Å². The van der Waals surface area contributed by atoms with Gasteiger partial charge in [0.2, 0.25) is 0 Å². The first-order chi connectivity index (χ1) is 11.4. The van der Waals surface area contributed by atoms with Crippen LogP contribution in [0.2, 0.25) is 0 Å². The van der Waals surface area contributed by atoms with Crippen molar-refractivity contribution in [3.63, 3.8) is 0 Å². The number of carbonyl (C=O) groups excluding carboxylic acids is 1. The smallest absolute Gasteiger partial charge is 0.308 e. The van der Waals surface area contributed by atoms with Crippen molar-refractivity contribution >= 4 is 5.97 Å². The van der Waals surface area contributed by atoms with Gasteiger partial charge >= 0.3 is 5.97 Å². The predicted molar refractivity (Wildman–Crippen MR) is 92.5 cm³/mol. The fraction of sp³-hybridized carbons (Fsp3) is 0.950. The number of aliphatic hydroxyl groups is 1. The summed E-state index contributed by atoms with van der Waals surface area (Å²) in [5.41, 5.74) is -0.282. The maximum Gasteiger partial charge on any atom is 0.308 e. The first-order valence-corrected chi connectivity index (χ1v) is 9.98. The zero-order valence-corrected chi connectivity index (χ0v) is 15.5. The molecule has 0 aromatic carbocycles. The monoisotopic (exact) mass is 338 g/mol. The molecule has 2 saturated carbocycles. The van der Waals surface area contributed by atoms with Crippen LogP contribution in [-0.2, 0) is 14.3 Å². The molecule has 1 saturated heterocycles. The SMILES string of the molecule is CCC1CC(CC(O)CC(=O)OC2(C)CC3CCC2C3)C(CC)O1. The van der Waals surface area contributed by atoms with E-state index in [1.807, 2.05) is 0 Å². The molecule has 24 heavy (non-hydrogen) atoms. The van der Waals surface area contributed by atoms with Crippen LogP contribution in [0.3, 0.4) is 0 Å². The average molecular weight is 338 g/mol. The fourth-order valence-electron chi connectivity index (χ4n) is 5.45. The molecular weight excluding hydrogens is 304 g/mol. The maximum absolute atomic E-state index is 12.3. The van der Waals surface area contributed by atoms with Crippen LogP contribution in [0.5, 0.6) is 0 Å². The summed E-state index contributed by atoms with van der Waals surface area (Å²) in [4.78, 5) is 12.3. The van der Waals surface area contributed by atoms with Gasteiger partial charge in [0.05, 0.1) is 24.7 Å². The van der Waals surface area contributed by atoms with Crippen LogP contribution >= 0.6 is 0 Å². The van der Waals surface area contributed by atoms with Gasteiger partial charge in [-0.05, 0) is 76.0 Å². The molecule has 1 N–H and O–H groups in total. The van der Waals surface area contributed by atoms with E-state index in [1.165, 1.54) is 19.3 Å². The summed E-state index contributed by atoms with van der Waals surface area (Å²) in [5, 5.41) is 10.4. The third-order valence-electron chi connectivity index (χ3n) is 6.74. The number of aliphatic hydroxyl groups excluding tert-OH is 1. The number of carbonyl (C=O) groups is 1. The second-order valence-corrected chi connectivity index (χ2v) is 8.57. The molecule has 3 fully saturated rings. The van der Waals surface area contributed by atoms with Crippen LogP contribution in [0, 0.1) is 17.8 Å². The lowest BCUT2D eigenvalue weighted by Crippen LogP contribution is -2.38. The molecule has 3 aliphatic rings. The molecule has 7 unspecified atom stereocenters. The van der Waals surface area contributed by atoms with Gasteiger partial charge in [0.25, 0.3) is 0 Å². The molecule has 0 spiro atoms. The van der Waals surface area contributed by atoms with Gasteiger partial charge in [0, 0.05) is 0 Å². The Hall–Kier alpha value is -0.610. The number of hydrogen-bond acceptors (Lipinski definition) is 4. The number of rotatable bonds is 7. The molecule has 4 heteroatoms. The van der Waals surface area contributed by atoms with Crippen LogP contribution in [0.15, 0.2) is 0 Å². The molecule has 3 rings (SSSR count). The lowest BCUT2D eigenvalue weighted by molar-refractivity contribution is -0.165. The quantitative estimate of drug-likeness (QED) is 0.717. The number of esters is 1. The normalized spacial score (nSPS) is 42.4. The highest BCUT2D eigenvalue weighted by Gasteiger charge is 2.50. The van der Waals surface area contributed by atoms with Crippen molar-refractivity contribution in [2.45, 2.75) is 102 Å². The molecule has 1 heterocycles. The van der Waals surface area contributed by atoms with Gasteiger partial charge in [0.1, 0.15) is 5.60 Å². The van der Waals surface area contributed by atoms with Crippen LogP contribution in [0.4, 0.5) is 0 Å². The Labute approximate surface area is 146 Å². The molecule has 4 nitrogen and oxygen atoms in total. The first kappa shape index (κ1) is 18.2. The Balaban J connectivity index is 1.46. The van der Waals surface area contributed by atoms with Crippen molar-refractivity contribution in [1.29, 1.82) is 0 Å². The van der Waals surface area contributed by atoms with Gasteiger partial charge in [-0.3, -0.25) is 4.79 Å². The molecule has 138 valence electrons. The van der Waals surface area contributed by atoms with E-state index in [-0.39, 0.29) is 24.1 Å². The van der Waals surface area contributed by atoms with Gasteiger partial charge in [0.15, 0.2) is 0 Å². The second-order valence-electron chi connectivity index (χ2n) is 8.57. The largest absolute Gasteiger partial charge is 0.459 e. The summed E-state index contributed by atoms with van der Waals surface area (Å²) in [6, 6.07) is 0. The Morgan fingerprint density at radius 2 is 2.08 bits per heavy atom. The van der Waals surface area contributed by atoms with Gasteiger partial charge in [-0.25, -0.2) is 0 Å². The lowest BCUT2D eigenvalue weighted by atomic mass is 9.85. The minimum atomic E-state index is -0.613.